The van der Waals surface area contributed by atoms with Crippen LogP contribution in [0.25, 0.3) is 22.6 Å². The molecule has 4 aromatic rings. The lowest BCUT2D eigenvalue weighted by Gasteiger charge is -2.21. The first-order valence-corrected chi connectivity index (χ1v) is 14.3. The van der Waals surface area contributed by atoms with Gasteiger partial charge in [0.15, 0.2) is 5.82 Å². The van der Waals surface area contributed by atoms with Crippen LogP contribution in [-0.4, -0.2) is 34.7 Å². The third-order valence-corrected chi connectivity index (χ3v) is 8.16. The van der Waals surface area contributed by atoms with Crippen LogP contribution >= 0.6 is 11.6 Å². The number of hydrogen-bond donors (Lipinski definition) is 1. The molecule has 3 heterocycles. The Morgan fingerprint density at radius 1 is 1.05 bits per heavy atom. The third-order valence-electron chi connectivity index (χ3n) is 7.74. The number of unbranched alkanes of at least 4 members (excludes halogenated alkanes) is 2. The van der Waals surface area contributed by atoms with Gasteiger partial charge in [0.2, 0.25) is 0 Å². The molecule has 1 aromatic carbocycles. The van der Waals surface area contributed by atoms with Crippen molar-refractivity contribution in [3.05, 3.63) is 69.5 Å². The van der Waals surface area contributed by atoms with Crippen LogP contribution < -0.4 is 5.69 Å². The molecular weight excluding hydrogens is 498 g/mol. The summed E-state index contributed by atoms with van der Waals surface area (Å²) in [5, 5.41) is 14.9. The van der Waals surface area contributed by atoms with Crippen molar-refractivity contribution in [1.29, 1.82) is 0 Å². The van der Waals surface area contributed by atoms with Gasteiger partial charge >= 0.3 is 5.69 Å². The van der Waals surface area contributed by atoms with Gasteiger partial charge in [0.25, 0.3) is 0 Å². The van der Waals surface area contributed by atoms with E-state index in [9.17, 15) is 4.79 Å². The first-order chi connectivity index (χ1) is 18.7. The Kier molecular flexibility index (Phi) is 8.68. The van der Waals surface area contributed by atoms with Crippen molar-refractivity contribution in [2.45, 2.75) is 84.2 Å². The molecule has 0 aliphatic heterocycles. The average Bonchev–Trinajstić information content (AvgIpc) is 3.57. The Hall–Kier alpha value is -3.26. The Bertz CT molecular complexity index is 1370. The molecule has 8 nitrogen and oxygen atoms in total. The van der Waals surface area contributed by atoms with E-state index in [1.807, 2.05) is 33.4 Å². The van der Waals surface area contributed by atoms with E-state index < -0.39 is 0 Å². The van der Waals surface area contributed by atoms with Crippen molar-refractivity contribution in [1.82, 2.24) is 34.7 Å². The smallest absolute Gasteiger partial charge is 0.290 e. The quantitative estimate of drug-likeness (QED) is 0.228. The molecule has 3 aromatic heterocycles. The highest BCUT2D eigenvalue weighted by Gasteiger charge is 2.21. The van der Waals surface area contributed by atoms with Gasteiger partial charge in [-0.2, -0.15) is 0 Å². The molecule has 0 radical (unpaired) electrons. The van der Waals surface area contributed by atoms with Crippen LogP contribution in [0, 0.1) is 5.92 Å². The van der Waals surface area contributed by atoms with E-state index in [1.54, 1.807) is 6.20 Å². The average molecular weight is 534 g/mol. The Labute approximate surface area is 228 Å². The molecule has 1 N–H and O–H groups in total. The number of pyridine rings is 1. The molecular formula is C29H36ClN7O. The van der Waals surface area contributed by atoms with Gasteiger partial charge in [0, 0.05) is 23.9 Å². The van der Waals surface area contributed by atoms with E-state index in [-0.39, 0.29) is 5.69 Å². The maximum absolute atomic E-state index is 13.6. The highest BCUT2D eigenvalue weighted by atomic mass is 35.5. The largest absolute Gasteiger partial charge is 0.329 e. The maximum atomic E-state index is 13.6. The van der Waals surface area contributed by atoms with Gasteiger partial charge in [-0.05, 0) is 53.3 Å². The summed E-state index contributed by atoms with van der Waals surface area (Å²) in [6.45, 7) is 3.39. The van der Waals surface area contributed by atoms with Gasteiger partial charge < -0.3 is 0 Å². The summed E-state index contributed by atoms with van der Waals surface area (Å²) >= 11 is 6.88. The fraction of sp³-hybridized carbons (Fsp3) is 0.483. The van der Waals surface area contributed by atoms with Crippen LogP contribution in [0.3, 0.4) is 0 Å². The first kappa shape index (κ1) is 26.4. The molecule has 0 saturated heterocycles. The number of aromatic amines is 1. The van der Waals surface area contributed by atoms with E-state index in [0.717, 1.165) is 60.2 Å². The predicted octanol–water partition coefficient (Wildman–Crippen LogP) is 6.30. The number of imidazole rings is 1. The topological polar surface area (TPSA) is 94.3 Å². The van der Waals surface area contributed by atoms with Crippen LogP contribution in [0.5, 0.6) is 0 Å². The van der Waals surface area contributed by atoms with E-state index in [4.69, 9.17) is 11.6 Å². The molecule has 0 unspecified atom stereocenters. The van der Waals surface area contributed by atoms with Crippen LogP contribution in [0.2, 0.25) is 5.15 Å². The standard InChI is InChI=1S/C29H36ClN7O/c1-2-3-5-12-25-27(30)36(19-17-21-9-6-4-7-10-21)29(38)37(25)20-22-13-15-23(16-14-22)26-24(11-8-18-31-26)28-32-34-35-33-28/h8,11,13-16,18,21H,2-7,9-10,12,17,19-20H2,1H3,(H,32,33,34,35). The van der Waals surface area contributed by atoms with Gasteiger partial charge in [-0.3, -0.25) is 14.1 Å². The van der Waals surface area contributed by atoms with Crippen LogP contribution in [0.4, 0.5) is 0 Å². The fourth-order valence-electron chi connectivity index (χ4n) is 5.59. The molecule has 1 aliphatic rings. The van der Waals surface area contributed by atoms with Crippen molar-refractivity contribution in [3.63, 3.8) is 0 Å². The second-order valence-corrected chi connectivity index (χ2v) is 10.7. The summed E-state index contributed by atoms with van der Waals surface area (Å²) in [7, 11) is 0. The molecule has 1 fully saturated rings. The number of H-pyrrole nitrogens is 1. The molecule has 1 saturated carbocycles. The zero-order valence-electron chi connectivity index (χ0n) is 22.1. The minimum atomic E-state index is 0.00576. The zero-order valence-corrected chi connectivity index (χ0v) is 22.8. The highest BCUT2D eigenvalue weighted by molar-refractivity contribution is 6.30. The van der Waals surface area contributed by atoms with Crippen molar-refractivity contribution in [2.75, 3.05) is 0 Å². The van der Waals surface area contributed by atoms with Crippen LogP contribution in [0.15, 0.2) is 47.4 Å². The Morgan fingerprint density at radius 3 is 2.61 bits per heavy atom. The molecule has 38 heavy (non-hydrogen) atoms. The summed E-state index contributed by atoms with van der Waals surface area (Å²) < 4.78 is 3.71. The molecule has 0 atom stereocenters. The molecule has 9 heteroatoms. The molecule has 1 aliphatic carbocycles. The number of hydrogen-bond acceptors (Lipinski definition) is 5. The number of rotatable bonds is 11. The summed E-state index contributed by atoms with van der Waals surface area (Å²) in [6.07, 6.45) is 13.4. The molecule has 0 spiro atoms. The van der Waals surface area contributed by atoms with Gasteiger partial charge in [0.1, 0.15) is 5.15 Å². The van der Waals surface area contributed by atoms with Crippen LogP contribution in [0.1, 0.15) is 76.0 Å². The van der Waals surface area contributed by atoms with E-state index in [2.05, 4.69) is 44.7 Å². The molecule has 0 bridgehead atoms. The third kappa shape index (κ3) is 5.90. The maximum Gasteiger partial charge on any atom is 0.329 e. The number of nitrogens with zero attached hydrogens (tertiary/aromatic N) is 6. The number of halogens is 1. The lowest BCUT2D eigenvalue weighted by atomic mass is 9.87. The van der Waals surface area contributed by atoms with Gasteiger partial charge in [-0.15, -0.1) is 5.10 Å². The van der Waals surface area contributed by atoms with Gasteiger partial charge in [-0.25, -0.2) is 9.89 Å². The normalized spacial score (nSPS) is 14.3. The monoisotopic (exact) mass is 533 g/mol. The second-order valence-electron chi connectivity index (χ2n) is 10.4. The number of aromatic nitrogens is 7. The number of nitrogens with one attached hydrogen (secondary N) is 1. The lowest BCUT2D eigenvalue weighted by molar-refractivity contribution is 0.322. The van der Waals surface area contributed by atoms with Crippen LogP contribution in [-0.2, 0) is 19.5 Å². The zero-order chi connectivity index (χ0) is 26.3. The highest BCUT2D eigenvalue weighted by Crippen LogP contribution is 2.29. The van der Waals surface area contributed by atoms with Crippen molar-refractivity contribution in [2.24, 2.45) is 5.92 Å². The van der Waals surface area contributed by atoms with E-state index in [1.165, 1.54) is 32.1 Å². The Balaban J connectivity index is 1.39. The van der Waals surface area contributed by atoms with E-state index >= 15 is 0 Å². The predicted molar refractivity (Wildman–Crippen MR) is 150 cm³/mol. The lowest BCUT2D eigenvalue weighted by Crippen LogP contribution is -2.26. The van der Waals surface area contributed by atoms with Crippen molar-refractivity contribution in [3.8, 4) is 22.6 Å². The minimum Gasteiger partial charge on any atom is -0.290 e. The number of benzene rings is 1. The summed E-state index contributed by atoms with van der Waals surface area (Å²) in [5.41, 5.74) is 4.61. The molecule has 0 amide bonds. The molecule has 200 valence electrons. The second kappa shape index (κ2) is 12.5. The molecule has 5 rings (SSSR count). The summed E-state index contributed by atoms with van der Waals surface area (Å²) in [6, 6.07) is 12.0. The fourth-order valence-corrected chi connectivity index (χ4v) is 5.94. The van der Waals surface area contributed by atoms with Crippen molar-refractivity contribution < 1.29 is 0 Å². The Morgan fingerprint density at radius 2 is 1.87 bits per heavy atom. The minimum absolute atomic E-state index is 0.00576. The summed E-state index contributed by atoms with van der Waals surface area (Å²) in [4.78, 5) is 18.2. The van der Waals surface area contributed by atoms with Gasteiger partial charge in [0.05, 0.1) is 17.9 Å². The van der Waals surface area contributed by atoms with Gasteiger partial charge in [-0.1, -0.05) is 87.7 Å². The number of tetrazole rings is 1. The first-order valence-electron chi connectivity index (χ1n) is 13.9. The SMILES string of the molecule is CCCCCc1c(Cl)n(CCC2CCCCC2)c(=O)n1Cc1ccc(-c2ncccc2-c2nnn[nH]2)cc1. The van der Waals surface area contributed by atoms with E-state index in [0.29, 0.717) is 30.0 Å². The summed E-state index contributed by atoms with van der Waals surface area (Å²) in [5.74, 6) is 1.28. The van der Waals surface area contributed by atoms with Crippen molar-refractivity contribution >= 4 is 11.6 Å².